The Morgan fingerprint density at radius 3 is 0.838 bits per heavy atom. The zero-order valence-electron chi connectivity index (χ0n) is 44.1. The minimum atomic E-state index is -5.35. The predicted octanol–water partition coefficient (Wildman–Crippen LogP) is 19.9. The third-order valence-corrected chi connectivity index (χ3v) is 67.6. The zero-order valence-corrected chi connectivity index (χ0v) is 49.2. The Morgan fingerprint density at radius 1 is 0.382 bits per heavy atom. The van der Waals surface area contributed by atoms with Gasteiger partial charge in [-0.15, -0.1) is 0 Å². The van der Waals surface area contributed by atoms with Crippen molar-refractivity contribution in [2.24, 2.45) is 0 Å². The molecule has 2 aliphatic rings. The van der Waals surface area contributed by atoms with Crippen LogP contribution < -0.4 is 0 Å². The summed E-state index contributed by atoms with van der Waals surface area (Å²) >= 11 is -5.35. The molecule has 2 aliphatic carbocycles. The molecule has 355 valence electrons. The Bertz CT molecular complexity index is 2720. The summed E-state index contributed by atoms with van der Waals surface area (Å²) in [4.78, 5) is 0. The number of halogens is 2. The summed E-state index contributed by atoms with van der Waals surface area (Å²) < 4.78 is -0.122. The molecule has 0 N–H and O–H groups in total. The van der Waals surface area contributed by atoms with E-state index in [9.17, 15) is 17.0 Å². The summed E-state index contributed by atoms with van der Waals surface area (Å²) in [6.07, 6.45) is 6.86. The summed E-state index contributed by atoms with van der Waals surface area (Å²) in [7, 11) is 18.7. The van der Waals surface area contributed by atoms with Gasteiger partial charge in [0.1, 0.15) is 0 Å². The van der Waals surface area contributed by atoms with Crippen molar-refractivity contribution in [3.05, 3.63) is 177 Å². The van der Waals surface area contributed by atoms with Gasteiger partial charge in [0.2, 0.25) is 0 Å². The van der Waals surface area contributed by atoms with E-state index in [1.165, 1.54) is 100 Å². The van der Waals surface area contributed by atoms with E-state index in [0.29, 0.717) is 0 Å². The van der Waals surface area contributed by atoms with Gasteiger partial charge in [-0.2, -0.15) is 0 Å². The van der Waals surface area contributed by atoms with Gasteiger partial charge in [-0.05, 0) is 0 Å². The van der Waals surface area contributed by atoms with Crippen LogP contribution in [0.4, 0.5) is 0 Å². The quantitative estimate of drug-likeness (QED) is 0.127. The number of fused-ring (bicyclic) bond motifs is 2. The Morgan fingerprint density at radius 2 is 0.618 bits per heavy atom. The first-order valence-electron chi connectivity index (χ1n) is 25.4. The molecule has 8 rings (SSSR count). The summed E-state index contributed by atoms with van der Waals surface area (Å²) in [6, 6.07) is 47.0. The van der Waals surface area contributed by atoms with Gasteiger partial charge in [-0.3, -0.25) is 0 Å². The van der Waals surface area contributed by atoms with Crippen molar-refractivity contribution in [2.45, 2.75) is 152 Å². The molecule has 0 amide bonds. The standard InChI is InChI=1S/2C31H35.C2H7Si.2ClH.Zr/c2*1-8-21-19-28-26(22-9-13-24(14-10-22)30(2,3)4)17-18-27(29(28)20-21)23-11-15-25(16-12-23)31(5,6)7;1-3-2;;;/h2*9-20H,8H2,1-7H3;3H,1-2H3;2*1H;/q;;;;;+2/p-2. The normalized spacial score (nSPS) is 17.1. The van der Waals surface area contributed by atoms with Crippen LogP contribution in [0.15, 0.2) is 132 Å². The number of hydrogen-bond acceptors (Lipinski definition) is 0. The van der Waals surface area contributed by atoms with E-state index >= 15 is 0 Å². The Balaban J connectivity index is 1.44. The van der Waals surface area contributed by atoms with Crippen LogP contribution in [0.2, 0.25) is 13.1 Å². The summed E-state index contributed by atoms with van der Waals surface area (Å²) in [5.74, 6) is -1.91. The first-order chi connectivity index (χ1) is 31.7. The molecule has 0 aromatic heterocycles. The third-order valence-electron chi connectivity index (χ3n) is 15.8. The third kappa shape index (κ3) is 8.95. The summed E-state index contributed by atoms with van der Waals surface area (Å²) in [5.41, 5.74) is 23.7. The van der Waals surface area contributed by atoms with Gasteiger partial charge in [0, 0.05) is 0 Å². The monoisotopic (exact) mass is 1030 g/mol. The van der Waals surface area contributed by atoms with Crippen LogP contribution in [0.5, 0.6) is 0 Å². The molecule has 2 atom stereocenters. The van der Waals surface area contributed by atoms with E-state index in [1.807, 2.05) is 0 Å². The Hall–Kier alpha value is -3.52. The van der Waals surface area contributed by atoms with Crippen LogP contribution in [-0.2, 0) is 37.2 Å². The number of hydrogen-bond donors (Lipinski definition) is 0. The molecule has 0 spiro atoms. The molecule has 0 heterocycles. The van der Waals surface area contributed by atoms with Crippen molar-refractivity contribution in [3.63, 3.8) is 0 Å². The van der Waals surface area contributed by atoms with Gasteiger partial charge in [0.05, 0.1) is 0 Å². The Kier molecular flexibility index (Phi) is 13.4. The molecule has 4 heteroatoms. The molecule has 0 saturated heterocycles. The fourth-order valence-electron chi connectivity index (χ4n) is 11.4. The summed E-state index contributed by atoms with van der Waals surface area (Å²) in [5, 5.41) is 0. The van der Waals surface area contributed by atoms with E-state index < -0.39 is 21.5 Å². The molecular weight excluding hydrogens is 959 g/mol. The van der Waals surface area contributed by atoms with Crippen molar-refractivity contribution in [2.75, 3.05) is 0 Å². The van der Waals surface area contributed by atoms with Gasteiger partial charge >= 0.3 is 424 Å². The van der Waals surface area contributed by atoms with Gasteiger partial charge in [-0.25, -0.2) is 0 Å². The molecule has 6 aromatic carbocycles. The maximum atomic E-state index is 9.33. The van der Waals surface area contributed by atoms with Crippen LogP contribution in [0, 0.1) is 0 Å². The van der Waals surface area contributed by atoms with Crippen LogP contribution in [0.1, 0.15) is 162 Å². The zero-order chi connectivity index (χ0) is 49.5. The molecular formula is C64H77Cl2SiZr. The number of rotatable bonds is 9. The number of allylic oxidation sites excluding steroid dienone is 2. The van der Waals surface area contributed by atoms with Crippen molar-refractivity contribution in [1.29, 1.82) is 0 Å². The van der Waals surface area contributed by atoms with Crippen LogP contribution in [-0.4, -0.2) is 5.92 Å². The molecule has 2 unspecified atom stereocenters. The van der Waals surface area contributed by atoms with Crippen molar-refractivity contribution in [1.82, 2.24) is 0 Å². The molecule has 0 radical (unpaired) electrons. The predicted molar refractivity (Wildman–Crippen MR) is 302 cm³/mol. The van der Waals surface area contributed by atoms with E-state index in [1.54, 1.807) is 0 Å². The second-order valence-corrected chi connectivity index (χ2v) is 67.2. The average molecular weight is 1040 g/mol. The Labute approximate surface area is 420 Å². The molecule has 6 aromatic rings. The average Bonchev–Trinajstić information content (AvgIpc) is 3.89. The van der Waals surface area contributed by atoms with Gasteiger partial charge in [0.15, 0.2) is 0 Å². The molecule has 0 bridgehead atoms. The van der Waals surface area contributed by atoms with Crippen LogP contribution in [0.3, 0.4) is 0 Å². The molecule has 0 fully saturated rings. The minimum absolute atomic E-state index is 0.0468. The van der Waals surface area contributed by atoms with Gasteiger partial charge in [0.25, 0.3) is 0 Å². The molecule has 0 saturated carbocycles. The van der Waals surface area contributed by atoms with Gasteiger partial charge < -0.3 is 0 Å². The number of benzene rings is 6. The molecule has 0 nitrogen and oxygen atoms in total. The van der Waals surface area contributed by atoms with Gasteiger partial charge in [-0.1, -0.05) is 0 Å². The van der Waals surface area contributed by atoms with E-state index in [-0.39, 0.29) is 28.9 Å². The molecule has 0 aliphatic heterocycles. The first-order valence-corrected chi connectivity index (χ1v) is 41.7. The fraction of sp³-hybridized carbons (Fsp3) is 0.375. The second-order valence-electron chi connectivity index (χ2n) is 24.7. The van der Waals surface area contributed by atoms with Crippen molar-refractivity contribution >= 4 is 35.1 Å². The van der Waals surface area contributed by atoms with Crippen LogP contribution >= 0.6 is 17.0 Å². The first kappa shape index (κ1) is 50.9. The van der Waals surface area contributed by atoms with Crippen molar-refractivity contribution < 1.29 is 15.6 Å². The summed E-state index contributed by atoms with van der Waals surface area (Å²) in [6.45, 7) is 37.2. The second kappa shape index (κ2) is 18.0. The SMILES string of the molecule is CCC1=Cc2c(-c3ccc(C(C)(C)C)cc3)ccc(-c3ccc(C(C)(C)C)cc3)c2[CH]1[Zr]([Cl])([Cl])([CH]1C(CC)=Cc2c(-c3ccc(C(C)(C)C)cc3)ccc(-c3ccc(C(C)(C)C)cc3)c21)[SiH](C)C. The van der Waals surface area contributed by atoms with Crippen LogP contribution in [0.25, 0.3) is 56.7 Å². The van der Waals surface area contributed by atoms with E-state index in [0.717, 1.165) is 12.8 Å². The maximum absolute atomic E-state index is 9.33. The molecule has 68 heavy (non-hydrogen) atoms. The van der Waals surface area contributed by atoms with E-state index in [2.05, 4.69) is 244 Å². The fourth-order valence-corrected chi connectivity index (χ4v) is 43.0. The van der Waals surface area contributed by atoms with Crippen molar-refractivity contribution in [3.8, 4) is 44.5 Å². The van der Waals surface area contributed by atoms with E-state index in [4.69, 9.17) is 0 Å². The topological polar surface area (TPSA) is 0 Å².